The van der Waals surface area contributed by atoms with E-state index in [4.69, 9.17) is 23.2 Å². The molecule has 6 heteroatoms. The van der Waals surface area contributed by atoms with Gasteiger partial charge in [0, 0.05) is 17.1 Å². The summed E-state index contributed by atoms with van der Waals surface area (Å²) in [6, 6.07) is 4.74. The Bertz CT molecular complexity index is 490. The van der Waals surface area contributed by atoms with E-state index in [0.717, 1.165) is 0 Å². The number of rotatable bonds is 4. The molecule has 0 radical (unpaired) electrons. The number of carbonyl (C=O) groups excluding carboxylic acids is 1. The topological polar surface area (TPSA) is 66.4 Å². The average molecular weight is 290 g/mol. The molecule has 0 aromatic heterocycles. The van der Waals surface area contributed by atoms with Gasteiger partial charge in [-0.3, -0.25) is 9.59 Å². The van der Waals surface area contributed by atoms with Crippen LogP contribution in [-0.4, -0.2) is 24.0 Å². The molecule has 0 saturated carbocycles. The summed E-state index contributed by atoms with van der Waals surface area (Å²) in [7, 11) is 1.39. The van der Waals surface area contributed by atoms with Crippen molar-refractivity contribution in [1.29, 1.82) is 0 Å². The van der Waals surface area contributed by atoms with E-state index in [1.54, 1.807) is 18.2 Å². The lowest BCUT2D eigenvalue weighted by Gasteiger charge is -2.23. The summed E-state index contributed by atoms with van der Waals surface area (Å²) in [5.74, 6) is -1.79. The van der Waals surface area contributed by atoms with E-state index in [1.165, 1.54) is 14.0 Å². The number of aliphatic carboxylic acids is 1. The number of carboxylic acid groups (broad SMARTS) is 1. The summed E-state index contributed by atoms with van der Waals surface area (Å²) in [5, 5.41) is 12.4. The van der Waals surface area contributed by atoms with Crippen molar-refractivity contribution in [3.63, 3.8) is 0 Å². The molecule has 2 N–H and O–H groups in total. The van der Waals surface area contributed by atoms with E-state index in [1.807, 2.05) is 0 Å². The van der Waals surface area contributed by atoms with Crippen molar-refractivity contribution in [1.82, 2.24) is 5.32 Å². The van der Waals surface area contributed by atoms with Crippen LogP contribution in [0.25, 0.3) is 0 Å². The maximum absolute atomic E-state index is 11.7. The first-order valence-corrected chi connectivity index (χ1v) is 5.96. The van der Waals surface area contributed by atoms with Gasteiger partial charge >= 0.3 is 5.97 Å². The van der Waals surface area contributed by atoms with Gasteiger partial charge in [-0.25, -0.2) is 0 Å². The van der Waals surface area contributed by atoms with Gasteiger partial charge in [-0.1, -0.05) is 23.2 Å². The summed E-state index contributed by atoms with van der Waals surface area (Å²) >= 11 is 11.8. The third-order valence-corrected chi connectivity index (χ3v) is 3.36. The number of hydrogen-bond acceptors (Lipinski definition) is 2. The summed E-state index contributed by atoms with van der Waals surface area (Å²) in [5.41, 5.74) is -1.05. The Kier molecular flexibility index (Phi) is 4.59. The van der Waals surface area contributed by atoms with Crippen molar-refractivity contribution in [3.8, 4) is 0 Å². The number of benzene rings is 1. The van der Waals surface area contributed by atoms with Crippen LogP contribution < -0.4 is 5.32 Å². The zero-order valence-corrected chi connectivity index (χ0v) is 11.5. The van der Waals surface area contributed by atoms with E-state index in [9.17, 15) is 14.7 Å². The Morgan fingerprint density at radius 3 is 2.50 bits per heavy atom. The normalized spacial score (nSPS) is 13.8. The van der Waals surface area contributed by atoms with E-state index >= 15 is 0 Å². The summed E-state index contributed by atoms with van der Waals surface area (Å²) in [6.07, 6.45) is -0.0264. The Labute approximate surface area is 115 Å². The number of carbonyl (C=O) groups is 2. The lowest BCUT2D eigenvalue weighted by Crippen LogP contribution is -2.44. The predicted octanol–water partition coefficient (Wildman–Crippen LogP) is 2.37. The highest BCUT2D eigenvalue weighted by Crippen LogP contribution is 2.29. The molecule has 0 fully saturated rings. The molecule has 0 aliphatic rings. The first-order chi connectivity index (χ1) is 8.31. The predicted molar refractivity (Wildman–Crippen MR) is 70.0 cm³/mol. The monoisotopic (exact) mass is 289 g/mol. The average Bonchev–Trinajstić information content (AvgIpc) is 2.32. The van der Waals surface area contributed by atoms with Crippen molar-refractivity contribution < 1.29 is 14.7 Å². The first kappa shape index (κ1) is 14.8. The molecule has 0 saturated heterocycles. The minimum atomic E-state index is -1.58. The molecule has 98 valence electrons. The molecule has 0 spiro atoms. The number of hydrogen-bond donors (Lipinski definition) is 2. The molecule has 0 aliphatic heterocycles. The summed E-state index contributed by atoms with van der Waals surface area (Å²) in [4.78, 5) is 23.0. The molecule has 1 unspecified atom stereocenters. The lowest BCUT2D eigenvalue weighted by molar-refractivity contribution is -0.154. The maximum atomic E-state index is 11.7. The van der Waals surface area contributed by atoms with Crippen molar-refractivity contribution in [2.24, 2.45) is 5.41 Å². The number of amides is 1. The minimum Gasteiger partial charge on any atom is -0.480 e. The maximum Gasteiger partial charge on any atom is 0.319 e. The van der Waals surface area contributed by atoms with E-state index < -0.39 is 17.3 Å². The van der Waals surface area contributed by atoms with Gasteiger partial charge in [-0.05, 0) is 37.1 Å². The molecule has 1 aromatic carbocycles. The van der Waals surface area contributed by atoms with Crippen LogP contribution in [0.3, 0.4) is 0 Å². The largest absolute Gasteiger partial charge is 0.480 e. The highest BCUT2D eigenvalue weighted by Gasteiger charge is 2.41. The van der Waals surface area contributed by atoms with Crippen LogP contribution in [0.1, 0.15) is 12.5 Å². The van der Waals surface area contributed by atoms with Crippen LogP contribution in [-0.2, 0) is 16.0 Å². The van der Waals surface area contributed by atoms with Gasteiger partial charge in [0.2, 0.25) is 5.91 Å². The first-order valence-electron chi connectivity index (χ1n) is 5.20. The highest BCUT2D eigenvalue weighted by atomic mass is 35.5. The molecule has 1 aromatic rings. The van der Waals surface area contributed by atoms with Crippen molar-refractivity contribution in [3.05, 3.63) is 33.8 Å². The molecule has 1 atom stereocenters. The van der Waals surface area contributed by atoms with Crippen LogP contribution in [0.4, 0.5) is 0 Å². The lowest BCUT2D eigenvalue weighted by atomic mass is 9.82. The number of carboxylic acids is 1. The van der Waals surface area contributed by atoms with Gasteiger partial charge in [0.25, 0.3) is 0 Å². The second-order valence-corrected chi connectivity index (χ2v) is 4.97. The fourth-order valence-corrected chi connectivity index (χ4v) is 1.97. The van der Waals surface area contributed by atoms with Crippen molar-refractivity contribution in [2.75, 3.05) is 7.05 Å². The molecule has 0 aliphatic carbocycles. The standard InChI is InChI=1S/C12H13Cl2NO3/c1-12(11(17)18,10(16)15-2)6-7-5-8(13)3-4-9(7)14/h3-5H,6H2,1-2H3,(H,15,16)(H,17,18). The molecule has 4 nitrogen and oxygen atoms in total. The Hall–Kier alpha value is -1.26. The SMILES string of the molecule is CNC(=O)C(C)(Cc1cc(Cl)ccc1Cl)C(=O)O. The minimum absolute atomic E-state index is 0.0264. The van der Waals surface area contributed by atoms with Crippen LogP contribution >= 0.6 is 23.2 Å². The van der Waals surface area contributed by atoms with Crippen LogP contribution in [0.2, 0.25) is 10.0 Å². The number of halogens is 2. The smallest absolute Gasteiger partial charge is 0.319 e. The quantitative estimate of drug-likeness (QED) is 0.837. The molecule has 0 heterocycles. The van der Waals surface area contributed by atoms with Crippen molar-refractivity contribution in [2.45, 2.75) is 13.3 Å². The molecule has 0 bridgehead atoms. The van der Waals surface area contributed by atoms with Crippen LogP contribution in [0.15, 0.2) is 18.2 Å². The van der Waals surface area contributed by atoms with Gasteiger partial charge in [0.1, 0.15) is 5.41 Å². The summed E-state index contributed by atoms with van der Waals surface area (Å²) in [6.45, 7) is 1.35. The van der Waals surface area contributed by atoms with Crippen molar-refractivity contribution >= 4 is 35.1 Å². The van der Waals surface area contributed by atoms with Crippen LogP contribution in [0.5, 0.6) is 0 Å². The second-order valence-electron chi connectivity index (χ2n) is 4.13. The van der Waals surface area contributed by atoms with Gasteiger partial charge in [0.15, 0.2) is 0 Å². The second kappa shape index (κ2) is 5.59. The molecular weight excluding hydrogens is 277 g/mol. The number of nitrogens with one attached hydrogen (secondary N) is 1. The zero-order chi connectivity index (χ0) is 13.9. The fraction of sp³-hybridized carbons (Fsp3) is 0.333. The van der Waals surface area contributed by atoms with Gasteiger partial charge in [-0.2, -0.15) is 0 Å². The molecule has 18 heavy (non-hydrogen) atoms. The van der Waals surface area contributed by atoms with E-state index in [0.29, 0.717) is 15.6 Å². The van der Waals surface area contributed by atoms with Crippen LogP contribution in [0, 0.1) is 5.41 Å². The molecule has 1 amide bonds. The Morgan fingerprint density at radius 2 is 2.00 bits per heavy atom. The third-order valence-electron chi connectivity index (χ3n) is 2.75. The van der Waals surface area contributed by atoms with Gasteiger partial charge in [-0.15, -0.1) is 0 Å². The zero-order valence-electron chi connectivity index (χ0n) is 9.96. The highest BCUT2D eigenvalue weighted by molar-refractivity contribution is 6.33. The Morgan fingerprint density at radius 1 is 1.39 bits per heavy atom. The van der Waals surface area contributed by atoms with E-state index in [2.05, 4.69) is 5.32 Å². The fourth-order valence-electron chi connectivity index (χ4n) is 1.59. The van der Waals surface area contributed by atoms with Gasteiger partial charge in [0.05, 0.1) is 0 Å². The van der Waals surface area contributed by atoms with Gasteiger partial charge < -0.3 is 10.4 Å². The van der Waals surface area contributed by atoms with E-state index in [-0.39, 0.29) is 6.42 Å². The molecule has 1 rings (SSSR count). The Balaban J connectivity index is 3.15. The summed E-state index contributed by atoms with van der Waals surface area (Å²) < 4.78 is 0. The third kappa shape index (κ3) is 2.94. The molecular formula is C12H13Cl2NO3.